The van der Waals surface area contributed by atoms with Crippen LogP contribution in [0.15, 0.2) is 45.4 Å². The molecule has 26 heavy (non-hydrogen) atoms. The summed E-state index contributed by atoms with van der Waals surface area (Å²) in [5, 5.41) is 14.1. The molecule has 0 fully saturated rings. The third-order valence-electron chi connectivity index (χ3n) is 3.23. The van der Waals surface area contributed by atoms with Gasteiger partial charge in [-0.15, -0.1) is 10.2 Å². The molecule has 136 valence electrons. The second-order valence-corrected chi connectivity index (χ2v) is 8.16. The highest BCUT2D eigenvalue weighted by atomic mass is 35.5. The van der Waals surface area contributed by atoms with Crippen molar-refractivity contribution in [3.8, 4) is 0 Å². The molecule has 2 aromatic heterocycles. The molecule has 1 atom stereocenters. The number of hydrogen-bond donors (Lipinski definition) is 2. The van der Waals surface area contributed by atoms with Gasteiger partial charge >= 0.3 is 0 Å². The summed E-state index contributed by atoms with van der Waals surface area (Å²) in [5.41, 5.74) is 0.437. The maximum absolute atomic E-state index is 13.2. The molecular weight excluding hydrogens is 399 g/mol. The number of carbonyl (C=O) groups is 1. The molecule has 0 radical (unpaired) electrons. The molecule has 0 unspecified atom stereocenters. The molecule has 2 heterocycles. The molecule has 0 bridgehead atoms. The van der Waals surface area contributed by atoms with Gasteiger partial charge in [-0.25, -0.2) is 4.39 Å². The van der Waals surface area contributed by atoms with Crippen LogP contribution < -0.4 is 10.6 Å². The predicted octanol–water partition coefficient (Wildman–Crippen LogP) is 4.66. The smallest absolute Gasteiger partial charge is 0.237 e. The fourth-order valence-corrected chi connectivity index (χ4v) is 4.00. The van der Waals surface area contributed by atoms with Crippen LogP contribution in [0.2, 0.25) is 5.02 Å². The van der Waals surface area contributed by atoms with Gasteiger partial charge in [0.25, 0.3) is 0 Å². The van der Waals surface area contributed by atoms with Gasteiger partial charge in [0.1, 0.15) is 11.6 Å². The summed E-state index contributed by atoms with van der Waals surface area (Å²) in [6, 6.07) is 7.70. The number of benzene rings is 1. The van der Waals surface area contributed by atoms with E-state index >= 15 is 0 Å². The SMILES string of the molecule is C[C@H](Sc1nnc(NCc2ccco2)s1)C(=O)Nc1ccc(F)c(Cl)c1. The summed E-state index contributed by atoms with van der Waals surface area (Å²) in [7, 11) is 0. The summed E-state index contributed by atoms with van der Waals surface area (Å²) < 4.78 is 19.1. The molecule has 0 aliphatic heterocycles. The second-order valence-electron chi connectivity index (χ2n) is 5.18. The fraction of sp³-hybridized carbons (Fsp3) is 0.188. The first kappa shape index (κ1) is 18.7. The Labute approximate surface area is 162 Å². The number of nitrogens with one attached hydrogen (secondary N) is 2. The Balaban J connectivity index is 1.52. The number of carbonyl (C=O) groups excluding carboxylic acids is 1. The average Bonchev–Trinajstić information content (AvgIpc) is 3.28. The minimum absolute atomic E-state index is 0.0421. The van der Waals surface area contributed by atoms with Crippen LogP contribution in [0.25, 0.3) is 0 Å². The molecule has 0 spiro atoms. The molecule has 3 rings (SSSR count). The molecule has 10 heteroatoms. The van der Waals surface area contributed by atoms with Crippen LogP contribution in [0.4, 0.5) is 15.2 Å². The summed E-state index contributed by atoms with van der Waals surface area (Å²) in [4.78, 5) is 12.3. The van der Waals surface area contributed by atoms with Crippen LogP contribution in [-0.4, -0.2) is 21.4 Å². The minimum atomic E-state index is -0.532. The van der Waals surface area contributed by atoms with Crippen molar-refractivity contribution >= 4 is 51.4 Å². The van der Waals surface area contributed by atoms with Crippen molar-refractivity contribution in [2.75, 3.05) is 10.6 Å². The molecule has 0 saturated heterocycles. The third-order valence-corrected chi connectivity index (χ3v) is 5.59. The highest BCUT2D eigenvalue weighted by molar-refractivity contribution is 8.02. The van der Waals surface area contributed by atoms with E-state index < -0.39 is 11.1 Å². The van der Waals surface area contributed by atoms with E-state index in [0.29, 0.717) is 21.7 Å². The predicted molar refractivity (Wildman–Crippen MR) is 101 cm³/mol. The van der Waals surface area contributed by atoms with Crippen LogP contribution in [0.3, 0.4) is 0 Å². The number of nitrogens with zero attached hydrogens (tertiary/aromatic N) is 2. The Morgan fingerprint density at radius 2 is 2.27 bits per heavy atom. The number of anilines is 2. The average molecular weight is 413 g/mol. The zero-order valence-electron chi connectivity index (χ0n) is 13.5. The summed E-state index contributed by atoms with van der Waals surface area (Å²) in [6.45, 7) is 2.26. The molecule has 6 nitrogen and oxygen atoms in total. The number of halogens is 2. The van der Waals surface area contributed by atoms with Gasteiger partial charge < -0.3 is 15.1 Å². The first-order valence-corrected chi connectivity index (χ1v) is 9.61. The number of furan rings is 1. The maximum Gasteiger partial charge on any atom is 0.237 e. The van der Waals surface area contributed by atoms with E-state index in [9.17, 15) is 9.18 Å². The van der Waals surface area contributed by atoms with Gasteiger partial charge in [0.05, 0.1) is 23.1 Å². The van der Waals surface area contributed by atoms with E-state index in [4.69, 9.17) is 16.0 Å². The van der Waals surface area contributed by atoms with E-state index in [2.05, 4.69) is 20.8 Å². The molecule has 0 aliphatic rings. The van der Waals surface area contributed by atoms with Gasteiger partial charge in [-0.05, 0) is 37.3 Å². The van der Waals surface area contributed by atoms with Gasteiger partial charge in [0, 0.05) is 5.69 Å². The van der Waals surface area contributed by atoms with Crippen LogP contribution in [0.5, 0.6) is 0 Å². The van der Waals surface area contributed by atoms with Gasteiger partial charge in [0.2, 0.25) is 11.0 Å². The van der Waals surface area contributed by atoms with Crippen molar-refractivity contribution in [2.24, 2.45) is 0 Å². The van der Waals surface area contributed by atoms with Gasteiger partial charge in [-0.3, -0.25) is 4.79 Å². The van der Waals surface area contributed by atoms with Crippen molar-refractivity contribution in [1.29, 1.82) is 0 Å². The first-order chi connectivity index (χ1) is 12.5. The number of rotatable bonds is 7. The highest BCUT2D eigenvalue weighted by Gasteiger charge is 2.18. The van der Waals surface area contributed by atoms with Crippen LogP contribution in [0.1, 0.15) is 12.7 Å². The number of amides is 1. The lowest BCUT2D eigenvalue weighted by Crippen LogP contribution is -2.22. The molecule has 0 saturated carbocycles. The van der Waals surface area contributed by atoms with E-state index in [1.165, 1.54) is 41.3 Å². The summed E-state index contributed by atoms with van der Waals surface area (Å²) >= 11 is 8.35. The Morgan fingerprint density at radius 3 is 3.00 bits per heavy atom. The molecule has 2 N–H and O–H groups in total. The number of hydrogen-bond acceptors (Lipinski definition) is 7. The zero-order valence-corrected chi connectivity index (χ0v) is 15.9. The Hall–Kier alpha value is -2.10. The lowest BCUT2D eigenvalue weighted by molar-refractivity contribution is -0.115. The quantitative estimate of drug-likeness (QED) is 0.549. The lowest BCUT2D eigenvalue weighted by Gasteiger charge is -2.10. The molecule has 1 amide bonds. The van der Waals surface area contributed by atoms with Crippen molar-refractivity contribution in [2.45, 2.75) is 23.1 Å². The van der Waals surface area contributed by atoms with Crippen LogP contribution >= 0.6 is 34.7 Å². The Kier molecular flexibility index (Phi) is 6.12. The normalized spacial score (nSPS) is 12.0. The zero-order chi connectivity index (χ0) is 18.5. The second kappa shape index (κ2) is 8.52. The van der Waals surface area contributed by atoms with E-state index in [1.807, 2.05) is 12.1 Å². The minimum Gasteiger partial charge on any atom is -0.467 e. The van der Waals surface area contributed by atoms with Crippen molar-refractivity contribution < 1.29 is 13.6 Å². The largest absolute Gasteiger partial charge is 0.467 e. The monoisotopic (exact) mass is 412 g/mol. The molecule has 3 aromatic rings. The van der Waals surface area contributed by atoms with Crippen molar-refractivity contribution in [3.05, 3.63) is 53.2 Å². The van der Waals surface area contributed by atoms with Crippen LogP contribution in [-0.2, 0) is 11.3 Å². The third kappa shape index (κ3) is 4.96. The summed E-state index contributed by atoms with van der Waals surface area (Å²) in [6.07, 6.45) is 1.60. The van der Waals surface area contributed by atoms with Gasteiger partial charge in [-0.2, -0.15) is 0 Å². The molecular formula is C16H14ClFN4O2S2. The Morgan fingerprint density at radius 1 is 1.42 bits per heavy atom. The lowest BCUT2D eigenvalue weighted by atomic mass is 10.3. The van der Waals surface area contributed by atoms with Gasteiger partial charge in [0.15, 0.2) is 4.34 Å². The molecule has 1 aromatic carbocycles. The van der Waals surface area contributed by atoms with E-state index in [-0.39, 0.29) is 10.9 Å². The summed E-state index contributed by atoms with van der Waals surface area (Å²) in [5.74, 6) is 0.0219. The topological polar surface area (TPSA) is 80.1 Å². The van der Waals surface area contributed by atoms with Gasteiger partial charge in [-0.1, -0.05) is 34.7 Å². The highest BCUT2D eigenvalue weighted by Crippen LogP contribution is 2.30. The number of thioether (sulfide) groups is 1. The van der Waals surface area contributed by atoms with E-state index in [1.54, 1.807) is 13.2 Å². The maximum atomic E-state index is 13.2. The number of aromatic nitrogens is 2. The van der Waals surface area contributed by atoms with Crippen LogP contribution in [0, 0.1) is 5.82 Å². The molecule has 0 aliphatic carbocycles. The fourth-order valence-electron chi connectivity index (χ4n) is 1.93. The van der Waals surface area contributed by atoms with E-state index in [0.717, 1.165) is 5.76 Å². The Bertz CT molecular complexity index is 888. The van der Waals surface area contributed by atoms with Crippen molar-refractivity contribution in [1.82, 2.24) is 10.2 Å². The van der Waals surface area contributed by atoms with Crippen molar-refractivity contribution in [3.63, 3.8) is 0 Å². The standard InChI is InChI=1S/C16H14ClFN4O2S2/c1-9(14(23)20-10-4-5-13(18)12(17)7-10)25-16-22-21-15(26-16)19-8-11-3-2-6-24-11/h2-7,9H,8H2,1H3,(H,19,21)(H,20,23)/t9-/m0/s1. The first-order valence-electron chi connectivity index (χ1n) is 7.53.